The Kier molecular flexibility index (Phi) is 12.2. The summed E-state index contributed by atoms with van der Waals surface area (Å²) in [6.45, 7) is 18.5. The normalized spacial score (nSPS) is 15.4. The molecule has 0 saturated carbocycles. The van der Waals surface area contributed by atoms with Crippen LogP contribution in [0.25, 0.3) is 0 Å². The molecule has 55 heavy (non-hydrogen) atoms. The number of methoxy groups -OCH3 is 1. The Morgan fingerprint density at radius 1 is 0.782 bits per heavy atom. The fraction of sp³-hybridized carbons (Fsp3) is 0.357. The Balaban J connectivity index is 1.70. The van der Waals surface area contributed by atoms with Crippen molar-refractivity contribution >= 4 is 45.6 Å². The van der Waals surface area contributed by atoms with E-state index < -0.39 is 41.0 Å². The quantitative estimate of drug-likeness (QED) is 0.133. The number of allylic oxidation sites excluding steroid dienone is 2. The summed E-state index contributed by atoms with van der Waals surface area (Å²) in [5, 5.41) is 32.5. The molecule has 0 saturated heterocycles. The number of aliphatic hydroxyl groups is 1. The maximum atomic E-state index is 13.9. The molecule has 0 unspecified atom stereocenters. The molecule has 0 aromatic heterocycles. The zero-order valence-corrected chi connectivity index (χ0v) is 34.5. The zero-order chi connectivity index (χ0) is 41.6. The highest BCUT2D eigenvalue weighted by atomic mass is 79.9. The van der Waals surface area contributed by atoms with Gasteiger partial charge in [-0.2, -0.15) is 0 Å². The number of ketones is 1. The summed E-state index contributed by atoms with van der Waals surface area (Å²) in [6, 6.07) is 1.52. The average Bonchev–Trinajstić information content (AvgIpc) is 3.09. The molecule has 12 nitrogen and oxygen atoms in total. The number of carbonyl (C=O) groups is 5. The second-order valence-electron chi connectivity index (χ2n) is 13.9. The van der Waals surface area contributed by atoms with Gasteiger partial charge in [0.2, 0.25) is 5.60 Å². The number of aromatic hydroxyl groups is 1. The number of hydrogen-bond donors (Lipinski definition) is 3. The van der Waals surface area contributed by atoms with E-state index in [-0.39, 0.29) is 61.0 Å². The fourth-order valence-electron chi connectivity index (χ4n) is 7.10. The smallest absolute Gasteiger partial charge is 0.356 e. The van der Waals surface area contributed by atoms with Crippen molar-refractivity contribution < 1.29 is 58.2 Å². The number of hydrogen-bond acceptors (Lipinski definition) is 11. The zero-order valence-electron chi connectivity index (χ0n) is 32.9. The Bertz CT molecular complexity index is 2230. The predicted molar refractivity (Wildman–Crippen MR) is 207 cm³/mol. The highest BCUT2D eigenvalue weighted by molar-refractivity contribution is 9.10. The summed E-state index contributed by atoms with van der Waals surface area (Å²) >= 11 is 3.22. The van der Waals surface area contributed by atoms with Gasteiger partial charge < -0.3 is 34.3 Å². The summed E-state index contributed by atoms with van der Waals surface area (Å²) in [4.78, 5) is 65.3. The Morgan fingerprint density at radius 2 is 1.36 bits per heavy atom. The van der Waals surface area contributed by atoms with E-state index in [2.05, 4.69) is 15.9 Å². The monoisotopic (exact) mass is 820 g/mol. The third kappa shape index (κ3) is 7.30. The topological polar surface area (TPSA) is 183 Å². The van der Waals surface area contributed by atoms with Crippen LogP contribution < -0.4 is 14.2 Å². The molecule has 0 amide bonds. The predicted octanol–water partition coefficient (Wildman–Crippen LogP) is 7.83. The number of carboxylic acid groups (broad SMARTS) is 1. The molecule has 0 bridgehead atoms. The molecule has 1 atom stereocenters. The molecule has 0 fully saturated rings. The summed E-state index contributed by atoms with van der Waals surface area (Å²) in [6.07, 6.45) is 2.47. The van der Waals surface area contributed by atoms with E-state index in [4.69, 9.17) is 18.9 Å². The van der Waals surface area contributed by atoms with Crippen LogP contribution in [0.15, 0.2) is 34.0 Å². The van der Waals surface area contributed by atoms with Crippen molar-refractivity contribution in [3.05, 3.63) is 101 Å². The van der Waals surface area contributed by atoms with Gasteiger partial charge in [0.05, 0.1) is 18.2 Å². The van der Waals surface area contributed by atoms with E-state index in [0.717, 1.165) is 12.2 Å². The van der Waals surface area contributed by atoms with Crippen LogP contribution in [-0.2, 0) is 20.7 Å². The molecule has 292 valence electrons. The van der Waals surface area contributed by atoms with E-state index in [9.17, 15) is 39.3 Å². The second-order valence-corrected chi connectivity index (χ2v) is 14.7. The number of phenols is 1. The van der Waals surface area contributed by atoms with Gasteiger partial charge in [0.1, 0.15) is 33.0 Å². The van der Waals surface area contributed by atoms with Gasteiger partial charge in [0.25, 0.3) is 0 Å². The van der Waals surface area contributed by atoms with Crippen LogP contribution in [-0.4, -0.2) is 57.7 Å². The Hall–Kier alpha value is -5.27. The summed E-state index contributed by atoms with van der Waals surface area (Å²) < 4.78 is 22.5. The Morgan fingerprint density at radius 3 is 1.91 bits per heavy atom. The van der Waals surface area contributed by atoms with E-state index in [1.54, 1.807) is 34.6 Å². The fourth-order valence-corrected chi connectivity index (χ4v) is 7.68. The van der Waals surface area contributed by atoms with Gasteiger partial charge >= 0.3 is 23.9 Å². The van der Waals surface area contributed by atoms with Gasteiger partial charge in [-0.25, -0.2) is 19.2 Å². The molecular weight excluding hydrogens is 776 g/mol. The number of aryl methyl sites for hydroxylation is 1. The van der Waals surface area contributed by atoms with Gasteiger partial charge in [-0.15, -0.1) is 0 Å². The number of esters is 3. The number of ether oxygens (including phenoxy) is 4. The number of halogens is 1. The van der Waals surface area contributed by atoms with Crippen LogP contribution >= 0.6 is 15.9 Å². The molecule has 3 aromatic carbocycles. The van der Waals surface area contributed by atoms with Crippen LogP contribution in [0.1, 0.15) is 115 Å². The van der Waals surface area contributed by atoms with Crippen LogP contribution in [0.3, 0.4) is 0 Å². The molecule has 1 aliphatic carbocycles. The third-order valence-electron chi connectivity index (χ3n) is 10.3. The summed E-state index contributed by atoms with van der Waals surface area (Å²) in [5.74, 6) is -5.20. The van der Waals surface area contributed by atoms with Gasteiger partial charge in [-0.05, 0) is 146 Å². The number of rotatable bonds is 10. The lowest BCUT2D eigenvalue weighted by Crippen LogP contribution is -2.47. The number of phenolic OH excluding ortho intramolecular Hbond substituents is 1. The molecule has 4 rings (SSSR count). The minimum Gasteiger partial charge on any atom is -0.506 e. The van der Waals surface area contributed by atoms with E-state index in [0.29, 0.717) is 51.1 Å². The largest absolute Gasteiger partial charge is 0.506 e. The van der Waals surface area contributed by atoms with Crippen LogP contribution in [0.4, 0.5) is 0 Å². The van der Waals surface area contributed by atoms with Gasteiger partial charge in [-0.3, -0.25) is 4.79 Å². The first kappa shape index (κ1) is 42.5. The van der Waals surface area contributed by atoms with Gasteiger partial charge in [-0.1, -0.05) is 20.8 Å². The first-order valence-electron chi connectivity index (χ1n) is 17.5. The van der Waals surface area contributed by atoms with E-state index in [1.165, 1.54) is 33.9 Å². The number of carbonyl (C=O) groups excluding carboxylic acids is 4. The maximum absolute atomic E-state index is 13.9. The summed E-state index contributed by atoms with van der Waals surface area (Å²) in [5.41, 5.74) is 1.86. The van der Waals surface area contributed by atoms with Crippen molar-refractivity contribution in [2.24, 2.45) is 0 Å². The molecule has 0 spiro atoms. The molecule has 13 heteroatoms. The number of carboxylic acids is 1. The lowest BCUT2D eigenvalue weighted by molar-refractivity contribution is -0.151. The molecule has 3 aromatic rings. The highest BCUT2D eigenvalue weighted by Crippen LogP contribution is 2.44. The minimum absolute atomic E-state index is 0.0392. The van der Waals surface area contributed by atoms with Gasteiger partial charge in [0, 0.05) is 11.6 Å². The van der Waals surface area contributed by atoms with Crippen molar-refractivity contribution in [3.8, 4) is 23.0 Å². The average molecular weight is 822 g/mol. The number of benzene rings is 3. The van der Waals surface area contributed by atoms with Crippen LogP contribution in [0.2, 0.25) is 0 Å². The standard InChI is InChI=1S/C42H45BrO12/c1-13-27-24(10)32(38(46)47)25(11)30(17(2)3)37(27)54-39(48)31-18(4)14-28(20(6)21(31)7)53-40(49)33-22(8)23(9)36(34(43)35(33)45)55-41(50)42(51)19(5)15-26(44)16-29(42)52-12/h14-17,45,51H,13H2,1-12H3,(H,46,47)/t42-/m1/s1. The van der Waals surface area contributed by atoms with Crippen molar-refractivity contribution in [2.75, 3.05) is 7.11 Å². The van der Waals surface area contributed by atoms with Crippen molar-refractivity contribution in [3.63, 3.8) is 0 Å². The van der Waals surface area contributed by atoms with E-state index in [1.807, 2.05) is 20.8 Å². The lowest BCUT2D eigenvalue weighted by atomic mass is 9.86. The van der Waals surface area contributed by atoms with Crippen molar-refractivity contribution in [1.29, 1.82) is 0 Å². The lowest BCUT2D eigenvalue weighted by Gasteiger charge is -2.30. The first-order valence-corrected chi connectivity index (χ1v) is 18.2. The molecule has 0 heterocycles. The molecule has 3 N–H and O–H groups in total. The summed E-state index contributed by atoms with van der Waals surface area (Å²) in [7, 11) is 1.19. The first-order chi connectivity index (χ1) is 25.6. The highest BCUT2D eigenvalue weighted by Gasteiger charge is 2.48. The van der Waals surface area contributed by atoms with E-state index >= 15 is 0 Å². The van der Waals surface area contributed by atoms with Crippen molar-refractivity contribution in [2.45, 2.75) is 94.1 Å². The third-order valence-corrected chi connectivity index (χ3v) is 11.1. The number of aromatic carboxylic acids is 1. The van der Waals surface area contributed by atoms with Gasteiger partial charge in [0.15, 0.2) is 11.5 Å². The Labute approximate surface area is 327 Å². The molecule has 0 radical (unpaired) electrons. The second kappa shape index (κ2) is 15.8. The van der Waals surface area contributed by atoms with Crippen LogP contribution in [0.5, 0.6) is 23.0 Å². The molecular formula is C42H45BrO12. The minimum atomic E-state index is -2.43. The molecule has 0 aliphatic heterocycles. The van der Waals surface area contributed by atoms with Crippen molar-refractivity contribution in [1.82, 2.24) is 0 Å². The molecule has 1 aliphatic rings. The van der Waals surface area contributed by atoms with Crippen LogP contribution in [0, 0.1) is 48.5 Å². The SMILES string of the molecule is CCc1c(C)c(C(=O)O)c(C)c(C(C)C)c1OC(=O)c1c(C)cc(OC(=O)c2c(C)c(C)c(OC(=O)[C@@]3(O)C(C)=CC(=O)C=C3OC)c(Br)c2O)c(C)c1C. The maximum Gasteiger partial charge on any atom is 0.356 e.